The van der Waals surface area contributed by atoms with Crippen LogP contribution in [0.2, 0.25) is 0 Å². The first kappa shape index (κ1) is 14.4. The maximum absolute atomic E-state index is 3.68. The molecule has 2 rings (SSSR count). The van der Waals surface area contributed by atoms with Crippen LogP contribution in [0.4, 0.5) is 5.69 Å². The van der Waals surface area contributed by atoms with Crippen LogP contribution in [-0.4, -0.2) is 45.2 Å². The molecule has 1 N–H and O–H groups in total. The summed E-state index contributed by atoms with van der Waals surface area (Å²) in [6.07, 6.45) is 2.41. The van der Waals surface area contributed by atoms with Crippen LogP contribution >= 0.6 is 0 Å². The summed E-state index contributed by atoms with van der Waals surface area (Å²) in [5.41, 5.74) is 2.89. The number of likely N-dealkylation sites (N-methyl/N-ethyl adjacent to an activating group) is 1. The van der Waals surface area contributed by atoms with E-state index in [0.717, 1.165) is 26.2 Å². The highest BCUT2D eigenvalue weighted by molar-refractivity contribution is 5.57. The average Bonchev–Trinajstić information content (AvgIpc) is 2.43. The molecule has 0 bridgehead atoms. The summed E-state index contributed by atoms with van der Waals surface area (Å²) in [6.45, 7) is 6.72. The fraction of sp³-hybridized carbons (Fsp3) is 0.625. The summed E-state index contributed by atoms with van der Waals surface area (Å²) in [4.78, 5) is 4.78. The first-order valence-corrected chi connectivity index (χ1v) is 7.44. The molecule has 0 aliphatic carbocycles. The van der Waals surface area contributed by atoms with Crippen molar-refractivity contribution in [2.24, 2.45) is 0 Å². The van der Waals surface area contributed by atoms with E-state index >= 15 is 0 Å². The Kier molecular flexibility index (Phi) is 5.23. The lowest BCUT2D eigenvalue weighted by molar-refractivity contribution is 0.403. The summed E-state index contributed by atoms with van der Waals surface area (Å²) in [5, 5.41) is 3.68. The Bertz CT molecular complexity index is 389. The predicted octanol–water partition coefficient (Wildman–Crippen LogP) is 2.50. The monoisotopic (exact) mass is 261 g/mol. The number of hydrogen-bond acceptors (Lipinski definition) is 3. The zero-order chi connectivity index (χ0) is 13.7. The SMILES string of the molecule is CCCNC1CCN(CCN(C)C)c2ccccc21. The van der Waals surface area contributed by atoms with Gasteiger partial charge in [-0.1, -0.05) is 25.1 Å². The molecule has 0 spiro atoms. The second kappa shape index (κ2) is 6.92. The highest BCUT2D eigenvalue weighted by atomic mass is 15.2. The molecule has 1 aromatic rings. The highest BCUT2D eigenvalue weighted by Gasteiger charge is 2.23. The van der Waals surface area contributed by atoms with Crippen molar-refractivity contribution in [3.8, 4) is 0 Å². The molecule has 0 saturated carbocycles. The molecular weight excluding hydrogens is 234 g/mol. The van der Waals surface area contributed by atoms with E-state index in [1.54, 1.807) is 0 Å². The molecule has 0 aromatic heterocycles. The second-order valence-electron chi connectivity index (χ2n) is 5.64. The molecule has 106 valence electrons. The zero-order valence-electron chi connectivity index (χ0n) is 12.5. The van der Waals surface area contributed by atoms with Gasteiger partial charge in [0.2, 0.25) is 0 Å². The zero-order valence-corrected chi connectivity index (χ0v) is 12.5. The topological polar surface area (TPSA) is 18.5 Å². The number of anilines is 1. The molecule has 1 aliphatic heterocycles. The molecule has 1 unspecified atom stereocenters. The van der Waals surface area contributed by atoms with Gasteiger partial charge in [0, 0.05) is 31.4 Å². The third-order valence-corrected chi connectivity index (χ3v) is 3.80. The second-order valence-corrected chi connectivity index (χ2v) is 5.64. The minimum absolute atomic E-state index is 0.534. The van der Waals surface area contributed by atoms with E-state index in [4.69, 9.17) is 0 Å². The maximum Gasteiger partial charge on any atom is 0.0415 e. The van der Waals surface area contributed by atoms with Gasteiger partial charge in [-0.3, -0.25) is 0 Å². The number of fused-ring (bicyclic) bond motifs is 1. The number of nitrogens with zero attached hydrogens (tertiary/aromatic N) is 2. The molecule has 1 atom stereocenters. The van der Waals surface area contributed by atoms with Gasteiger partial charge in [0.05, 0.1) is 0 Å². The Hall–Kier alpha value is -1.06. The van der Waals surface area contributed by atoms with E-state index in [1.807, 2.05) is 0 Å². The molecule has 0 radical (unpaired) electrons. The van der Waals surface area contributed by atoms with Crippen LogP contribution in [0.25, 0.3) is 0 Å². The number of nitrogens with one attached hydrogen (secondary N) is 1. The molecule has 1 aromatic carbocycles. The van der Waals surface area contributed by atoms with E-state index in [2.05, 4.69) is 60.4 Å². The fourth-order valence-electron chi connectivity index (χ4n) is 2.71. The summed E-state index contributed by atoms with van der Waals surface area (Å²) >= 11 is 0. The van der Waals surface area contributed by atoms with Gasteiger partial charge < -0.3 is 15.1 Å². The minimum Gasteiger partial charge on any atom is -0.370 e. The van der Waals surface area contributed by atoms with Crippen LogP contribution in [-0.2, 0) is 0 Å². The van der Waals surface area contributed by atoms with Gasteiger partial charge in [0.25, 0.3) is 0 Å². The van der Waals surface area contributed by atoms with E-state index < -0.39 is 0 Å². The molecule has 3 heteroatoms. The molecule has 3 nitrogen and oxygen atoms in total. The average molecular weight is 261 g/mol. The normalized spacial score (nSPS) is 18.7. The van der Waals surface area contributed by atoms with Crippen LogP contribution in [0.15, 0.2) is 24.3 Å². The first-order valence-electron chi connectivity index (χ1n) is 7.44. The molecule has 1 heterocycles. The van der Waals surface area contributed by atoms with Gasteiger partial charge in [-0.15, -0.1) is 0 Å². The van der Waals surface area contributed by atoms with Crippen LogP contribution in [0.3, 0.4) is 0 Å². The Labute approximate surface area is 117 Å². The molecule has 0 saturated heterocycles. The minimum atomic E-state index is 0.534. The lowest BCUT2D eigenvalue weighted by Crippen LogP contribution is -2.39. The van der Waals surface area contributed by atoms with Gasteiger partial charge in [-0.25, -0.2) is 0 Å². The van der Waals surface area contributed by atoms with E-state index in [0.29, 0.717) is 6.04 Å². The Morgan fingerprint density at radius 2 is 2.11 bits per heavy atom. The third kappa shape index (κ3) is 3.71. The number of benzene rings is 1. The van der Waals surface area contributed by atoms with Crippen molar-refractivity contribution >= 4 is 5.69 Å². The van der Waals surface area contributed by atoms with Gasteiger partial charge in [0.1, 0.15) is 0 Å². The predicted molar refractivity (Wildman–Crippen MR) is 82.9 cm³/mol. The summed E-state index contributed by atoms with van der Waals surface area (Å²) in [5.74, 6) is 0. The van der Waals surface area contributed by atoms with Gasteiger partial charge >= 0.3 is 0 Å². The van der Waals surface area contributed by atoms with Crippen molar-refractivity contribution < 1.29 is 0 Å². The Morgan fingerprint density at radius 1 is 1.32 bits per heavy atom. The van der Waals surface area contributed by atoms with Crippen molar-refractivity contribution in [1.29, 1.82) is 0 Å². The quantitative estimate of drug-likeness (QED) is 0.849. The van der Waals surface area contributed by atoms with Crippen molar-refractivity contribution in [2.75, 3.05) is 45.2 Å². The van der Waals surface area contributed by atoms with Crippen molar-refractivity contribution in [1.82, 2.24) is 10.2 Å². The summed E-state index contributed by atoms with van der Waals surface area (Å²) < 4.78 is 0. The number of rotatable bonds is 6. The van der Waals surface area contributed by atoms with Crippen LogP contribution in [0, 0.1) is 0 Å². The van der Waals surface area contributed by atoms with E-state index in [-0.39, 0.29) is 0 Å². The van der Waals surface area contributed by atoms with Crippen LogP contribution in [0.1, 0.15) is 31.4 Å². The van der Waals surface area contributed by atoms with Gasteiger partial charge in [-0.05, 0) is 45.1 Å². The van der Waals surface area contributed by atoms with Gasteiger partial charge in [-0.2, -0.15) is 0 Å². The van der Waals surface area contributed by atoms with Crippen LogP contribution in [0.5, 0.6) is 0 Å². The van der Waals surface area contributed by atoms with E-state index in [1.165, 1.54) is 24.1 Å². The van der Waals surface area contributed by atoms with Crippen molar-refractivity contribution in [3.05, 3.63) is 29.8 Å². The molecule has 19 heavy (non-hydrogen) atoms. The standard InChI is InChI=1S/C16H27N3/c1-4-10-17-15-9-11-19(13-12-18(2)3)16-8-6-5-7-14(15)16/h5-8,15,17H,4,9-13H2,1-3H3. The van der Waals surface area contributed by atoms with Crippen LogP contribution < -0.4 is 10.2 Å². The largest absolute Gasteiger partial charge is 0.370 e. The molecule has 1 aliphatic rings. The Morgan fingerprint density at radius 3 is 2.84 bits per heavy atom. The fourth-order valence-corrected chi connectivity index (χ4v) is 2.71. The molecule has 0 fully saturated rings. The van der Waals surface area contributed by atoms with E-state index in [9.17, 15) is 0 Å². The van der Waals surface area contributed by atoms with Crippen molar-refractivity contribution in [2.45, 2.75) is 25.8 Å². The lowest BCUT2D eigenvalue weighted by Gasteiger charge is -2.36. The lowest BCUT2D eigenvalue weighted by atomic mass is 9.96. The highest BCUT2D eigenvalue weighted by Crippen LogP contribution is 2.33. The third-order valence-electron chi connectivity index (χ3n) is 3.80. The smallest absolute Gasteiger partial charge is 0.0415 e. The molecule has 0 amide bonds. The number of para-hydroxylation sites is 1. The summed E-state index contributed by atoms with van der Waals surface area (Å²) in [6, 6.07) is 9.40. The maximum atomic E-state index is 3.68. The Balaban J connectivity index is 2.10. The summed E-state index contributed by atoms with van der Waals surface area (Å²) in [7, 11) is 4.28. The van der Waals surface area contributed by atoms with Gasteiger partial charge in [0.15, 0.2) is 0 Å². The molecular formula is C16H27N3. The number of hydrogen-bond donors (Lipinski definition) is 1. The van der Waals surface area contributed by atoms with Crippen molar-refractivity contribution in [3.63, 3.8) is 0 Å². The first-order chi connectivity index (χ1) is 9.22.